The average molecular weight is 226 g/mol. The van der Waals surface area contributed by atoms with Crippen molar-refractivity contribution in [3.8, 4) is 0 Å². The standard InChI is InChI=1S/C14H14N2O/c1-17-16-14(11-7-3-2-4-8-11)12-9-5-6-10-13(12)15/h2-10H,15H2,1H3. The SMILES string of the molecule is CON=C(c1ccccc1)c1ccccc1N. The zero-order valence-corrected chi connectivity index (χ0v) is 9.63. The Morgan fingerprint density at radius 2 is 1.65 bits per heavy atom. The van der Waals surface area contributed by atoms with Gasteiger partial charge in [-0.05, 0) is 6.07 Å². The first-order valence-corrected chi connectivity index (χ1v) is 5.34. The number of para-hydroxylation sites is 1. The molecule has 0 heterocycles. The molecule has 0 saturated heterocycles. The Bertz CT molecular complexity index is 521. The van der Waals surface area contributed by atoms with Crippen LogP contribution < -0.4 is 5.73 Å². The van der Waals surface area contributed by atoms with Crippen molar-refractivity contribution in [1.29, 1.82) is 0 Å². The Balaban J connectivity index is 2.52. The number of hydrogen-bond donors (Lipinski definition) is 1. The van der Waals surface area contributed by atoms with Crippen molar-refractivity contribution in [2.24, 2.45) is 5.16 Å². The predicted octanol–water partition coefficient (Wildman–Crippen LogP) is 2.67. The lowest BCUT2D eigenvalue weighted by atomic mass is 10.0. The molecule has 0 unspecified atom stereocenters. The third-order valence-electron chi connectivity index (χ3n) is 2.45. The van der Waals surface area contributed by atoms with Crippen LogP contribution in [0, 0.1) is 0 Å². The van der Waals surface area contributed by atoms with Crippen LogP contribution >= 0.6 is 0 Å². The van der Waals surface area contributed by atoms with Crippen molar-refractivity contribution in [1.82, 2.24) is 0 Å². The van der Waals surface area contributed by atoms with E-state index in [0.717, 1.165) is 16.8 Å². The van der Waals surface area contributed by atoms with Crippen molar-refractivity contribution < 1.29 is 4.84 Å². The number of nitrogen functional groups attached to an aromatic ring is 1. The van der Waals surface area contributed by atoms with Crippen LogP contribution in [-0.4, -0.2) is 12.8 Å². The molecule has 2 aromatic rings. The Kier molecular flexibility index (Phi) is 3.40. The number of rotatable bonds is 3. The molecule has 3 nitrogen and oxygen atoms in total. The summed E-state index contributed by atoms with van der Waals surface area (Å²) in [5.41, 5.74) is 9.24. The molecule has 0 spiro atoms. The molecule has 0 radical (unpaired) electrons. The van der Waals surface area contributed by atoms with Crippen LogP contribution in [-0.2, 0) is 4.84 Å². The Hall–Kier alpha value is -2.29. The number of nitrogens with zero attached hydrogens (tertiary/aromatic N) is 1. The molecule has 0 amide bonds. The fourth-order valence-electron chi connectivity index (χ4n) is 1.66. The summed E-state index contributed by atoms with van der Waals surface area (Å²) in [6, 6.07) is 17.4. The number of oxime groups is 1. The van der Waals surface area contributed by atoms with Crippen LogP contribution in [0.25, 0.3) is 0 Å². The Labute approximate surface area is 101 Å². The molecule has 17 heavy (non-hydrogen) atoms. The van der Waals surface area contributed by atoms with Crippen LogP contribution in [0.3, 0.4) is 0 Å². The molecule has 0 fully saturated rings. The molecule has 0 aliphatic carbocycles. The summed E-state index contributed by atoms with van der Waals surface area (Å²) in [5, 5.41) is 4.06. The maximum Gasteiger partial charge on any atom is 0.119 e. The molecule has 0 atom stereocenters. The molecule has 2 N–H and O–H groups in total. The van der Waals surface area contributed by atoms with Gasteiger partial charge in [-0.15, -0.1) is 0 Å². The second-order valence-corrected chi connectivity index (χ2v) is 3.58. The quantitative estimate of drug-likeness (QED) is 0.497. The van der Waals surface area contributed by atoms with E-state index in [-0.39, 0.29) is 0 Å². The van der Waals surface area contributed by atoms with Crippen molar-refractivity contribution in [2.45, 2.75) is 0 Å². The fourth-order valence-corrected chi connectivity index (χ4v) is 1.66. The maximum absolute atomic E-state index is 5.95. The second kappa shape index (κ2) is 5.16. The second-order valence-electron chi connectivity index (χ2n) is 3.58. The lowest BCUT2D eigenvalue weighted by Gasteiger charge is -2.08. The first-order chi connectivity index (χ1) is 8.33. The summed E-state index contributed by atoms with van der Waals surface area (Å²) < 4.78 is 0. The molecule has 0 bridgehead atoms. The van der Waals surface area contributed by atoms with Crippen molar-refractivity contribution >= 4 is 11.4 Å². The third-order valence-corrected chi connectivity index (χ3v) is 2.45. The van der Waals surface area contributed by atoms with E-state index in [1.54, 1.807) is 0 Å². The van der Waals surface area contributed by atoms with Gasteiger partial charge < -0.3 is 10.6 Å². The molecule has 86 valence electrons. The lowest BCUT2D eigenvalue weighted by molar-refractivity contribution is 0.214. The van der Waals surface area contributed by atoms with Crippen molar-refractivity contribution in [3.05, 3.63) is 65.7 Å². The monoisotopic (exact) mass is 226 g/mol. The van der Waals surface area contributed by atoms with Crippen molar-refractivity contribution in [3.63, 3.8) is 0 Å². The van der Waals surface area contributed by atoms with Gasteiger partial charge in [0.05, 0.1) is 0 Å². The molecule has 0 aromatic heterocycles. The molecular formula is C14H14N2O. The van der Waals surface area contributed by atoms with Gasteiger partial charge in [0.25, 0.3) is 0 Å². The molecule has 0 aliphatic rings. The van der Waals surface area contributed by atoms with E-state index in [4.69, 9.17) is 10.6 Å². The minimum absolute atomic E-state index is 0.687. The van der Waals surface area contributed by atoms with Crippen LogP contribution in [0.5, 0.6) is 0 Å². The summed E-state index contributed by atoms with van der Waals surface area (Å²) >= 11 is 0. The number of benzene rings is 2. The van der Waals surface area contributed by atoms with Gasteiger partial charge >= 0.3 is 0 Å². The van der Waals surface area contributed by atoms with Gasteiger partial charge in [-0.2, -0.15) is 0 Å². The topological polar surface area (TPSA) is 47.6 Å². The summed E-state index contributed by atoms with van der Waals surface area (Å²) in [6.07, 6.45) is 0. The van der Waals surface area contributed by atoms with Gasteiger partial charge in [-0.3, -0.25) is 0 Å². The normalized spacial score (nSPS) is 11.2. The molecule has 2 aromatic carbocycles. The van der Waals surface area contributed by atoms with Gasteiger partial charge in [0.15, 0.2) is 0 Å². The van der Waals surface area contributed by atoms with E-state index < -0.39 is 0 Å². The van der Waals surface area contributed by atoms with E-state index in [0.29, 0.717) is 5.69 Å². The van der Waals surface area contributed by atoms with Crippen LogP contribution in [0.15, 0.2) is 59.8 Å². The minimum Gasteiger partial charge on any atom is -0.399 e. The van der Waals surface area contributed by atoms with Crippen molar-refractivity contribution in [2.75, 3.05) is 12.8 Å². The van der Waals surface area contributed by atoms with E-state index in [1.165, 1.54) is 7.11 Å². The minimum atomic E-state index is 0.687. The fraction of sp³-hybridized carbons (Fsp3) is 0.0714. The zero-order valence-electron chi connectivity index (χ0n) is 9.63. The van der Waals surface area contributed by atoms with E-state index in [9.17, 15) is 0 Å². The van der Waals surface area contributed by atoms with Gasteiger partial charge in [0.2, 0.25) is 0 Å². The third kappa shape index (κ3) is 2.45. The number of anilines is 1. The first-order valence-electron chi connectivity index (χ1n) is 5.34. The average Bonchev–Trinajstić information content (AvgIpc) is 2.38. The van der Waals surface area contributed by atoms with Gasteiger partial charge in [-0.25, -0.2) is 0 Å². The predicted molar refractivity (Wildman–Crippen MR) is 69.9 cm³/mol. The lowest BCUT2D eigenvalue weighted by Crippen LogP contribution is -2.07. The number of hydrogen-bond acceptors (Lipinski definition) is 3. The summed E-state index contributed by atoms with van der Waals surface area (Å²) in [4.78, 5) is 4.90. The smallest absolute Gasteiger partial charge is 0.119 e. The summed E-state index contributed by atoms with van der Waals surface area (Å²) in [5.74, 6) is 0. The summed E-state index contributed by atoms with van der Waals surface area (Å²) in [6.45, 7) is 0. The van der Waals surface area contributed by atoms with E-state index >= 15 is 0 Å². The van der Waals surface area contributed by atoms with Gasteiger partial charge in [-0.1, -0.05) is 53.7 Å². The van der Waals surface area contributed by atoms with Gasteiger partial charge in [0, 0.05) is 16.8 Å². The molecule has 0 saturated carbocycles. The van der Waals surface area contributed by atoms with Gasteiger partial charge in [0.1, 0.15) is 12.8 Å². The van der Waals surface area contributed by atoms with E-state index in [1.807, 2.05) is 54.6 Å². The van der Waals surface area contributed by atoms with Crippen LogP contribution in [0.2, 0.25) is 0 Å². The highest BCUT2D eigenvalue weighted by atomic mass is 16.6. The molecule has 2 rings (SSSR count). The Morgan fingerprint density at radius 1 is 1.00 bits per heavy atom. The van der Waals surface area contributed by atoms with Crippen LogP contribution in [0.1, 0.15) is 11.1 Å². The maximum atomic E-state index is 5.95. The largest absolute Gasteiger partial charge is 0.399 e. The first kappa shape index (κ1) is 11.2. The highest BCUT2D eigenvalue weighted by Gasteiger charge is 2.09. The Morgan fingerprint density at radius 3 is 2.29 bits per heavy atom. The number of nitrogens with two attached hydrogens (primary N) is 1. The highest BCUT2D eigenvalue weighted by molar-refractivity contribution is 6.15. The van der Waals surface area contributed by atoms with E-state index in [2.05, 4.69) is 5.16 Å². The van der Waals surface area contributed by atoms with Crippen LogP contribution in [0.4, 0.5) is 5.69 Å². The molecular weight excluding hydrogens is 212 g/mol. The highest BCUT2D eigenvalue weighted by Crippen LogP contribution is 2.17. The molecule has 3 heteroatoms. The molecule has 0 aliphatic heterocycles. The summed E-state index contributed by atoms with van der Waals surface area (Å²) in [7, 11) is 1.53. The zero-order chi connectivity index (χ0) is 12.1.